The summed E-state index contributed by atoms with van der Waals surface area (Å²) >= 11 is 0. The maximum Gasteiger partial charge on any atom is 0.419 e. The molecule has 1 saturated carbocycles. The molecular weight excluding hydrogens is 272 g/mol. The molecule has 1 aromatic rings. The van der Waals surface area contributed by atoms with E-state index in [1.165, 1.54) is 0 Å². The number of alkyl halides is 3. The van der Waals surface area contributed by atoms with Gasteiger partial charge in [-0.2, -0.15) is 13.2 Å². The molecule has 1 aliphatic rings. The van der Waals surface area contributed by atoms with Gasteiger partial charge >= 0.3 is 6.18 Å². The van der Waals surface area contributed by atoms with Crippen molar-refractivity contribution in [2.24, 2.45) is 5.41 Å². The van der Waals surface area contributed by atoms with E-state index < -0.39 is 23.0 Å². The van der Waals surface area contributed by atoms with E-state index in [0.717, 1.165) is 25.0 Å². The third-order valence-electron chi connectivity index (χ3n) is 4.25. The minimum absolute atomic E-state index is 0.0394. The Morgan fingerprint density at radius 3 is 2.35 bits per heavy atom. The fraction of sp³-hybridized carbons (Fsp3) is 0.533. The van der Waals surface area contributed by atoms with Gasteiger partial charge in [0.1, 0.15) is 5.82 Å². The lowest BCUT2D eigenvalue weighted by atomic mass is 9.76. The van der Waals surface area contributed by atoms with Gasteiger partial charge in [0.25, 0.3) is 0 Å². The lowest BCUT2D eigenvalue weighted by molar-refractivity contribution is -0.140. The fourth-order valence-corrected chi connectivity index (χ4v) is 2.98. The number of benzene rings is 1. The zero-order chi connectivity index (χ0) is 15.0. The lowest BCUT2D eigenvalue weighted by Gasteiger charge is -2.26. The normalized spacial score (nSPS) is 18.2. The molecule has 0 N–H and O–H groups in total. The Balaban J connectivity index is 2.41. The number of halogens is 4. The van der Waals surface area contributed by atoms with Crippen LogP contribution < -0.4 is 0 Å². The van der Waals surface area contributed by atoms with Crippen LogP contribution in [0.15, 0.2) is 18.2 Å². The number of carbonyl (C=O) groups is 1. The fourth-order valence-electron chi connectivity index (χ4n) is 2.98. The summed E-state index contributed by atoms with van der Waals surface area (Å²) in [7, 11) is 0. The first-order chi connectivity index (χ1) is 9.30. The van der Waals surface area contributed by atoms with Crippen LogP contribution in [0.3, 0.4) is 0 Å². The summed E-state index contributed by atoms with van der Waals surface area (Å²) in [4.78, 5) is 12.5. The van der Waals surface area contributed by atoms with Gasteiger partial charge in [-0.05, 0) is 37.5 Å². The van der Waals surface area contributed by atoms with Crippen LogP contribution in [0.1, 0.15) is 54.9 Å². The molecule has 20 heavy (non-hydrogen) atoms. The molecule has 0 atom stereocenters. The Labute approximate surface area is 115 Å². The molecule has 1 nitrogen and oxygen atoms in total. The van der Waals surface area contributed by atoms with Crippen molar-refractivity contribution in [3.63, 3.8) is 0 Å². The number of rotatable bonds is 3. The summed E-state index contributed by atoms with van der Waals surface area (Å²) in [6, 6.07) is 2.53. The highest BCUT2D eigenvalue weighted by molar-refractivity contribution is 6.00. The van der Waals surface area contributed by atoms with E-state index in [1.807, 2.05) is 6.92 Å². The topological polar surface area (TPSA) is 17.1 Å². The first-order valence-electron chi connectivity index (χ1n) is 6.72. The van der Waals surface area contributed by atoms with E-state index in [1.54, 1.807) is 0 Å². The highest BCUT2D eigenvalue weighted by atomic mass is 19.4. The number of Topliss-reactive ketones (excluding diaryl/α,β-unsaturated/α-hetero) is 1. The van der Waals surface area contributed by atoms with Crippen LogP contribution >= 0.6 is 0 Å². The van der Waals surface area contributed by atoms with Crippen LogP contribution in [-0.2, 0) is 6.18 Å². The van der Waals surface area contributed by atoms with Gasteiger partial charge in [-0.1, -0.05) is 19.8 Å². The van der Waals surface area contributed by atoms with Crippen molar-refractivity contribution >= 4 is 5.78 Å². The van der Waals surface area contributed by atoms with Gasteiger partial charge in [-0.15, -0.1) is 0 Å². The molecule has 5 heteroatoms. The second kappa shape index (κ2) is 5.19. The molecule has 110 valence electrons. The maximum absolute atomic E-state index is 13.3. The molecule has 0 aromatic heterocycles. The maximum atomic E-state index is 13.3. The molecule has 0 bridgehead atoms. The van der Waals surface area contributed by atoms with Crippen LogP contribution in [-0.4, -0.2) is 5.78 Å². The predicted molar refractivity (Wildman–Crippen MR) is 66.9 cm³/mol. The van der Waals surface area contributed by atoms with E-state index >= 15 is 0 Å². The molecule has 0 amide bonds. The van der Waals surface area contributed by atoms with Crippen molar-refractivity contribution in [2.45, 2.75) is 45.2 Å². The zero-order valence-electron chi connectivity index (χ0n) is 11.2. The van der Waals surface area contributed by atoms with Crippen molar-refractivity contribution in [1.82, 2.24) is 0 Å². The van der Waals surface area contributed by atoms with Gasteiger partial charge in [-0.25, -0.2) is 4.39 Å². The van der Waals surface area contributed by atoms with E-state index in [4.69, 9.17) is 0 Å². The van der Waals surface area contributed by atoms with Gasteiger partial charge in [-0.3, -0.25) is 4.79 Å². The Morgan fingerprint density at radius 2 is 1.85 bits per heavy atom. The minimum atomic E-state index is -4.78. The van der Waals surface area contributed by atoms with Gasteiger partial charge < -0.3 is 0 Å². The van der Waals surface area contributed by atoms with Gasteiger partial charge in [0.15, 0.2) is 5.78 Å². The average molecular weight is 288 g/mol. The number of ketones is 1. The summed E-state index contributed by atoms with van der Waals surface area (Å²) in [6.45, 7) is 1.87. The van der Waals surface area contributed by atoms with Crippen molar-refractivity contribution in [3.8, 4) is 0 Å². The van der Waals surface area contributed by atoms with E-state index in [-0.39, 0.29) is 11.3 Å². The first-order valence-corrected chi connectivity index (χ1v) is 6.72. The molecule has 1 aliphatic carbocycles. The zero-order valence-corrected chi connectivity index (χ0v) is 11.2. The van der Waals surface area contributed by atoms with Crippen molar-refractivity contribution in [3.05, 3.63) is 35.1 Å². The Kier molecular flexibility index (Phi) is 3.89. The summed E-state index contributed by atoms with van der Waals surface area (Å²) in [5.74, 6) is -1.63. The minimum Gasteiger partial charge on any atom is -0.294 e. The van der Waals surface area contributed by atoms with Crippen LogP contribution in [0.2, 0.25) is 0 Å². The first kappa shape index (κ1) is 15.0. The number of hydrogen-bond donors (Lipinski definition) is 0. The molecule has 0 heterocycles. The van der Waals surface area contributed by atoms with Crippen molar-refractivity contribution in [1.29, 1.82) is 0 Å². The molecule has 0 radical (unpaired) electrons. The van der Waals surface area contributed by atoms with E-state index in [2.05, 4.69) is 0 Å². The largest absolute Gasteiger partial charge is 0.419 e. The molecule has 0 spiro atoms. The SMILES string of the molecule is CCC1(C(=O)c2ccc(F)c(C(F)(F)F)c2)CCCC1. The summed E-state index contributed by atoms with van der Waals surface area (Å²) < 4.78 is 51.3. The van der Waals surface area contributed by atoms with Crippen LogP contribution in [0.4, 0.5) is 17.6 Å². The van der Waals surface area contributed by atoms with Crippen molar-refractivity contribution in [2.75, 3.05) is 0 Å². The van der Waals surface area contributed by atoms with Crippen LogP contribution in [0, 0.1) is 11.2 Å². The number of hydrogen-bond acceptors (Lipinski definition) is 1. The Morgan fingerprint density at radius 1 is 1.25 bits per heavy atom. The van der Waals surface area contributed by atoms with E-state index in [0.29, 0.717) is 25.3 Å². The molecule has 0 aliphatic heterocycles. The standard InChI is InChI=1S/C15H16F4O/c1-2-14(7-3-4-8-14)13(20)10-5-6-12(16)11(9-10)15(17,18)19/h5-6,9H,2-4,7-8H2,1H3. The van der Waals surface area contributed by atoms with Gasteiger partial charge in [0.05, 0.1) is 5.56 Å². The lowest BCUT2D eigenvalue weighted by Crippen LogP contribution is -2.27. The molecule has 1 aromatic carbocycles. The Hall–Kier alpha value is -1.39. The summed E-state index contributed by atoms with van der Waals surface area (Å²) in [5, 5.41) is 0. The highest BCUT2D eigenvalue weighted by Crippen LogP contribution is 2.44. The third-order valence-corrected chi connectivity index (χ3v) is 4.25. The summed E-state index contributed by atoms with van der Waals surface area (Å²) in [6.07, 6.45) is -0.970. The third kappa shape index (κ3) is 2.58. The summed E-state index contributed by atoms with van der Waals surface area (Å²) in [5.41, 5.74) is -1.98. The smallest absolute Gasteiger partial charge is 0.294 e. The average Bonchev–Trinajstić information content (AvgIpc) is 2.87. The van der Waals surface area contributed by atoms with Gasteiger partial charge in [0, 0.05) is 11.0 Å². The Bertz CT molecular complexity index is 513. The molecular formula is C15H16F4O. The molecule has 1 fully saturated rings. The second-order valence-corrected chi connectivity index (χ2v) is 5.36. The quantitative estimate of drug-likeness (QED) is 0.565. The van der Waals surface area contributed by atoms with Gasteiger partial charge in [0.2, 0.25) is 0 Å². The predicted octanol–water partition coefficient (Wildman–Crippen LogP) is 5.00. The second-order valence-electron chi connectivity index (χ2n) is 5.36. The molecule has 0 unspecified atom stereocenters. The van der Waals surface area contributed by atoms with Crippen LogP contribution in [0.5, 0.6) is 0 Å². The van der Waals surface area contributed by atoms with E-state index in [9.17, 15) is 22.4 Å². The number of carbonyl (C=O) groups excluding carboxylic acids is 1. The highest BCUT2D eigenvalue weighted by Gasteiger charge is 2.41. The molecule has 0 saturated heterocycles. The van der Waals surface area contributed by atoms with Crippen molar-refractivity contribution < 1.29 is 22.4 Å². The van der Waals surface area contributed by atoms with Crippen LogP contribution in [0.25, 0.3) is 0 Å². The molecule has 2 rings (SSSR count). The monoisotopic (exact) mass is 288 g/mol.